The van der Waals surface area contributed by atoms with Crippen LogP contribution in [-0.4, -0.2) is 27.1 Å². The Balaban J connectivity index is 1.84. The number of nitrogens with zero attached hydrogens (tertiary/aromatic N) is 1. The van der Waals surface area contributed by atoms with Crippen molar-refractivity contribution < 1.29 is 13.2 Å². The monoisotopic (exact) mass is 402 g/mol. The number of amides is 1. The van der Waals surface area contributed by atoms with Gasteiger partial charge in [-0.3, -0.25) is 9.10 Å². The van der Waals surface area contributed by atoms with E-state index in [2.05, 4.69) is 12.2 Å². The third kappa shape index (κ3) is 4.14. The summed E-state index contributed by atoms with van der Waals surface area (Å²) in [5, 5.41) is 3.76. The van der Waals surface area contributed by atoms with Crippen LogP contribution < -0.4 is 9.62 Å². The Morgan fingerprint density at radius 1 is 1.07 bits per heavy atom. The van der Waals surface area contributed by atoms with Crippen LogP contribution in [0.3, 0.4) is 0 Å². The van der Waals surface area contributed by atoms with Crippen molar-refractivity contribution in [3.8, 4) is 0 Å². The number of anilines is 2. The summed E-state index contributed by atoms with van der Waals surface area (Å²) < 4.78 is 26.3. The first-order valence-electron chi connectivity index (χ1n) is 8.74. The van der Waals surface area contributed by atoms with E-state index in [-0.39, 0.29) is 11.7 Å². The zero-order valence-corrected chi connectivity index (χ0v) is 17.2. The van der Waals surface area contributed by atoms with Crippen LogP contribution in [0.2, 0.25) is 0 Å². The molecule has 1 heterocycles. The Morgan fingerprint density at radius 2 is 1.78 bits per heavy atom. The highest BCUT2D eigenvalue weighted by Gasteiger charge is 2.17. The van der Waals surface area contributed by atoms with Gasteiger partial charge < -0.3 is 5.32 Å². The van der Waals surface area contributed by atoms with E-state index < -0.39 is 10.0 Å². The zero-order chi connectivity index (χ0) is 19.6. The number of rotatable bonds is 6. The minimum absolute atomic E-state index is 0.0374. The molecule has 0 radical (unpaired) electrons. The molecular weight excluding hydrogens is 380 g/mol. The second-order valence-electron chi connectivity index (χ2n) is 6.21. The molecule has 0 atom stereocenters. The van der Waals surface area contributed by atoms with Crippen LogP contribution in [0.5, 0.6) is 0 Å². The lowest BCUT2D eigenvalue weighted by molar-refractivity contribution is 0.103. The number of carbonyl (C=O) groups excluding carboxylic acids is 1. The topological polar surface area (TPSA) is 66.5 Å². The van der Waals surface area contributed by atoms with Crippen molar-refractivity contribution in [2.24, 2.45) is 0 Å². The van der Waals surface area contributed by atoms with Crippen molar-refractivity contribution >= 4 is 48.7 Å². The van der Waals surface area contributed by atoms with Gasteiger partial charge in [-0.05, 0) is 60.7 Å². The highest BCUT2D eigenvalue weighted by molar-refractivity contribution is 7.92. The highest BCUT2D eigenvalue weighted by Crippen LogP contribution is 2.30. The van der Waals surface area contributed by atoms with Gasteiger partial charge in [-0.15, -0.1) is 11.3 Å². The molecule has 1 aromatic heterocycles. The standard InChI is InChI=1S/C20H22N2O3S2/c1-4-14-6-8-16(9-7-14)21-20(23)19-13-15-12-17(10-11-18(15)26-19)22(3)27(24,25)5-2/h6-13H,4-5H2,1-3H3,(H,21,23). The van der Waals surface area contributed by atoms with Crippen LogP contribution in [0.4, 0.5) is 11.4 Å². The molecule has 0 aliphatic carbocycles. The molecule has 0 saturated carbocycles. The second kappa shape index (κ2) is 7.70. The molecule has 3 aromatic rings. The smallest absolute Gasteiger partial charge is 0.265 e. The van der Waals surface area contributed by atoms with E-state index >= 15 is 0 Å². The number of hydrogen-bond donors (Lipinski definition) is 1. The first-order chi connectivity index (χ1) is 12.8. The van der Waals surface area contributed by atoms with Crippen molar-refractivity contribution in [3.05, 3.63) is 59.0 Å². The van der Waals surface area contributed by atoms with Gasteiger partial charge in [0.2, 0.25) is 10.0 Å². The van der Waals surface area contributed by atoms with Crippen molar-refractivity contribution in [2.75, 3.05) is 22.4 Å². The average Bonchev–Trinajstić information content (AvgIpc) is 3.11. The van der Waals surface area contributed by atoms with Crippen LogP contribution in [0.25, 0.3) is 10.1 Å². The molecule has 0 spiro atoms. The molecule has 1 amide bonds. The predicted octanol–water partition coefficient (Wildman–Crippen LogP) is 4.50. The van der Waals surface area contributed by atoms with Crippen LogP contribution in [0.1, 0.15) is 29.1 Å². The van der Waals surface area contributed by atoms with E-state index in [0.717, 1.165) is 22.2 Å². The number of sulfonamides is 1. The zero-order valence-electron chi connectivity index (χ0n) is 15.5. The van der Waals surface area contributed by atoms with E-state index in [1.165, 1.54) is 21.2 Å². The maximum atomic E-state index is 12.6. The van der Waals surface area contributed by atoms with Crippen LogP contribution in [0, 0.1) is 0 Å². The van der Waals surface area contributed by atoms with E-state index in [9.17, 15) is 13.2 Å². The van der Waals surface area contributed by atoms with Crippen LogP contribution in [-0.2, 0) is 16.4 Å². The van der Waals surface area contributed by atoms with E-state index in [4.69, 9.17) is 0 Å². The fraction of sp³-hybridized carbons (Fsp3) is 0.250. The molecule has 0 aliphatic rings. The SMILES string of the molecule is CCc1ccc(NC(=O)c2cc3cc(N(C)S(=O)(=O)CC)ccc3s2)cc1. The lowest BCUT2D eigenvalue weighted by Gasteiger charge is -2.18. The minimum atomic E-state index is -3.32. The Hall–Kier alpha value is -2.38. The number of carbonyl (C=O) groups is 1. The third-order valence-electron chi connectivity index (χ3n) is 4.49. The fourth-order valence-corrected chi connectivity index (χ4v) is 4.47. The molecule has 0 unspecified atom stereocenters. The lowest BCUT2D eigenvalue weighted by atomic mass is 10.1. The molecule has 0 fully saturated rings. The van der Waals surface area contributed by atoms with Gasteiger partial charge in [0, 0.05) is 17.4 Å². The van der Waals surface area contributed by atoms with Crippen molar-refractivity contribution in [1.29, 1.82) is 0 Å². The molecule has 0 aliphatic heterocycles. The predicted molar refractivity (Wildman–Crippen MR) is 113 cm³/mol. The Morgan fingerprint density at radius 3 is 2.41 bits per heavy atom. The largest absolute Gasteiger partial charge is 0.321 e. The molecule has 5 nitrogen and oxygen atoms in total. The van der Waals surface area contributed by atoms with E-state index in [0.29, 0.717) is 10.6 Å². The Bertz CT molecular complexity index is 1070. The molecule has 7 heteroatoms. The van der Waals surface area contributed by atoms with Crippen molar-refractivity contribution in [2.45, 2.75) is 20.3 Å². The molecular formula is C20H22N2O3S2. The normalized spacial score (nSPS) is 11.5. The first-order valence-corrected chi connectivity index (χ1v) is 11.2. The van der Waals surface area contributed by atoms with Crippen molar-refractivity contribution in [1.82, 2.24) is 0 Å². The summed E-state index contributed by atoms with van der Waals surface area (Å²) in [5.41, 5.74) is 2.56. The number of benzene rings is 2. The van der Waals surface area contributed by atoms with Gasteiger partial charge in [-0.2, -0.15) is 0 Å². The van der Waals surface area contributed by atoms with Gasteiger partial charge in [0.1, 0.15) is 0 Å². The van der Waals surface area contributed by atoms with Gasteiger partial charge in [0.05, 0.1) is 16.3 Å². The minimum Gasteiger partial charge on any atom is -0.321 e. The summed E-state index contributed by atoms with van der Waals surface area (Å²) in [6.07, 6.45) is 0.953. The van der Waals surface area contributed by atoms with Gasteiger partial charge in [0.25, 0.3) is 5.91 Å². The molecule has 27 heavy (non-hydrogen) atoms. The molecule has 0 saturated heterocycles. The highest BCUT2D eigenvalue weighted by atomic mass is 32.2. The first kappa shape index (κ1) is 19.4. The molecule has 142 valence electrons. The summed E-state index contributed by atoms with van der Waals surface area (Å²) in [5.74, 6) is -0.133. The molecule has 0 bridgehead atoms. The summed E-state index contributed by atoms with van der Waals surface area (Å²) >= 11 is 1.39. The van der Waals surface area contributed by atoms with Gasteiger partial charge in [-0.25, -0.2) is 8.42 Å². The number of thiophene rings is 1. The summed E-state index contributed by atoms with van der Waals surface area (Å²) in [6.45, 7) is 3.70. The molecule has 2 aromatic carbocycles. The number of nitrogens with one attached hydrogen (secondary N) is 1. The number of aryl methyl sites for hydroxylation is 1. The summed E-state index contributed by atoms with van der Waals surface area (Å²) in [4.78, 5) is 13.1. The molecule has 1 N–H and O–H groups in total. The van der Waals surface area contributed by atoms with Gasteiger partial charge in [-0.1, -0.05) is 19.1 Å². The van der Waals surface area contributed by atoms with E-state index in [1.807, 2.05) is 30.3 Å². The maximum absolute atomic E-state index is 12.6. The average molecular weight is 403 g/mol. The third-order valence-corrected chi connectivity index (χ3v) is 7.38. The van der Waals surface area contributed by atoms with E-state index in [1.54, 1.807) is 32.2 Å². The second-order valence-corrected chi connectivity index (χ2v) is 9.58. The lowest BCUT2D eigenvalue weighted by Crippen LogP contribution is -2.27. The number of fused-ring (bicyclic) bond motifs is 1. The van der Waals surface area contributed by atoms with Crippen LogP contribution in [0.15, 0.2) is 48.5 Å². The van der Waals surface area contributed by atoms with Crippen LogP contribution >= 0.6 is 11.3 Å². The Kier molecular flexibility index (Phi) is 5.53. The van der Waals surface area contributed by atoms with Gasteiger partial charge in [0.15, 0.2) is 0 Å². The summed E-state index contributed by atoms with van der Waals surface area (Å²) in [7, 11) is -1.78. The maximum Gasteiger partial charge on any atom is 0.265 e. The quantitative estimate of drug-likeness (QED) is 0.660. The molecule has 3 rings (SSSR count). The van der Waals surface area contributed by atoms with Gasteiger partial charge >= 0.3 is 0 Å². The summed E-state index contributed by atoms with van der Waals surface area (Å²) in [6, 6.07) is 15.0. The fourth-order valence-electron chi connectivity index (χ4n) is 2.71. The number of hydrogen-bond acceptors (Lipinski definition) is 4. The van der Waals surface area contributed by atoms with Crippen molar-refractivity contribution in [3.63, 3.8) is 0 Å². The Labute approximate surface area is 163 Å².